The molecule has 0 bridgehead atoms. The Morgan fingerprint density at radius 1 is 1.23 bits per heavy atom. The number of ether oxygens (including phenoxy) is 1. The van der Waals surface area contributed by atoms with Gasteiger partial charge in [0.1, 0.15) is 28.9 Å². The van der Waals surface area contributed by atoms with Crippen molar-refractivity contribution in [3.63, 3.8) is 0 Å². The van der Waals surface area contributed by atoms with Gasteiger partial charge in [-0.2, -0.15) is 0 Å². The molecule has 1 aromatic carbocycles. The highest BCUT2D eigenvalue weighted by Gasteiger charge is 2.27. The summed E-state index contributed by atoms with van der Waals surface area (Å²) in [4.78, 5) is 20.7. The van der Waals surface area contributed by atoms with Crippen LogP contribution in [0, 0.1) is 0 Å². The number of carbonyl (C=O) groups excluding carboxylic acids is 1. The Hall–Kier alpha value is -2.80. The number of nitrogens with zero attached hydrogens (tertiary/aromatic N) is 3. The Labute approximate surface area is 180 Å². The second-order valence-corrected chi connectivity index (χ2v) is 8.42. The van der Waals surface area contributed by atoms with E-state index in [1.807, 2.05) is 24.3 Å². The molecule has 0 aliphatic heterocycles. The van der Waals surface area contributed by atoms with E-state index in [-0.39, 0.29) is 18.0 Å². The largest absolute Gasteiger partial charge is 0.497 e. The second kappa shape index (κ2) is 8.52. The standard InChI is InChI=1S/C22H26ClN5O2/c1-13(23)22(29)27-15-5-7-16(8-6-15)28-11-18(14-3-9-17(30-2)10-4-14)19-20(24)25-12-26-21(19)28/h3-4,9-13,15-16H,5-8H2,1-2H3,(H,27,29)(H2,24,25,26). The Balaban J connectivity index is 1.62. The van der Waals surface area contributed by atoms with Crippen molar-refractivity contribution in [2.75, 3.05) is 12.8 Å². The Morgan fingerprint density at radius 3 is 2.57 bits per heavy atom. The highest BCUT2D eigenvalue weighted by atomic mass is 35.5. The number of carbonyl (C=O) groups is 1. The van der Waals surface area contributed by atoms with Crippen LogP contribution in [-0.4, -0.2) is 39.0 Å². The minimum Gasteiger partial charge on any atom is -0.497 e. The van der Waals surface area contributed by atoms with Gasteiger partial charge in [-0.25, -0.2) is 9.97 Å². The normalized spacial score (nSPS) is 20.1. The minimum absolute atomic E-state index is 0.103. The van der Waals surface area contributed by atoms with E-state index in [1.54, 1.807) is 14.0 Å². The molecule has 0 spiro atoms. The second-order valence-electron chi connectivity index (χ2n) is 7.77. The molecular weight excluding hydrogens is 402 g/mol. The zero-order chi connectivity index (χ0) is 21.3. The van der Waals surface area contributed by atoms with E-state index in [2.05, 4.69) is 26.0 Å². The molecule has 1 saturated carbocycles. The first kappa shape index (κ1) is 20.5. The Kier molecular flexibility index (Phi) is 5.81. The van der Waals surface area contributed by atoms with Gasteiger partial charge in [0, 0.05) is 23.8 Å². The van der Waals surface area contributed by atoms with Crippen LogP contribution in [0.1, 0.15) is 38.6 Å². The number of hydrogen-bond donors (Lipinski definition) is 2. The maximum Gasteiger partial charge on any atom is 0.237 e. The van der Waals surface area contributed by atoms with E-state index in [0.29, 0.717) is 5.82 Å². The number of benzene rings is 1. The van der Waals surface area contributed by atoms with Crippen LogP contribution in [0.25, 0.3) is 22.2 Å². The average molecular weight is 428 g/mol. The monoisotopic (exact) mass is 427 g/mol. The van der Waals surface area contributed by atoms with Gasteiger partial charge in [-0.15, -0.1) is 11.6 Å². The molecule has 3 N–H and O–H groups in total. The molecule has 1 unspecified atom stereocenters. The van der Waals surface area contributed by atoms with Gasteiger partial charge in [-0.3, -0.25) is 4.79 Å². The fraction of sp³-hybridized carbons (Fsp3) is 0.409. The summed E-state index contributed by atoms with van der Waals surface area (Å²) in [5.74, 6) is 1.17. The summed E-state index contributed by atoms with van der Waals surface area (Å²) in [5.41, 5.74) is 9.14. The summed E-state index contributed by atoms with van der Waals surface area (Å²) >= 11 is 5.88. The van der Waals surface area contributed by atoms with Crippen LogP contribution < -0.4 is 15.8 Å². The summed E-state index contributed by atoms with van der Waals surface area (Å²) in [7, 11) is 1.65. The van der Waals surface area contributed by atoms with Crippen LogP contribution in [0.3, 0.4) is 0 Å². The van der Waals surface area contributed by atoms with Crippen molar-refractivity contribution in [2.45, 2.75) is 50.1 Å². The number of nitrogens with one attached hydrogen (secondary N) is 1. The first-order valence-electron chi connectivity index (χ1n) is 10.2. The van der Waals surface area contributed by atoms with Gasteiger partial charge >= 0.3 is 0 Å². The number of amides is 1. The van der Waals surface area contributed by atoms with Gasteiger partial charge in [0.15, 0.2) is 0 Å². The van der Waals surface area contributed by atoms with Crippen molar-refractivity contribution in [3.8, 4) is 16.9 Å². The smallest absolute Gasteiger partial charge is 0.237 e. The summed E-state index contributed by atoms with van der Waals surface area (Å²) < 4.78 is 7.49. The summed E-state index contributed by atoms with van der Waals surface area (Å²) in [6.07, 6.45) is 7.33. The number of nitrogens with two attached hydrogens (primary N) is 1. The van der Waals surface area contributed by atoms with E-state index in [0.717, 1.165) is 53.6 Å². The molecular formula is C22H26ClN5O2. The van der Waals surface area contributed by atoms with Crippen LogP contribution in [0.4, 0.5) is 5.82 Å². The predicted molar refractivity (Wildman–Crippen MR) is 119 cm³/mol. The molecule has 2 heterocycles. The summed E-state index contributed by atoms with van der Waals surface area (Å²) in [6, 6.07) is 8.36. The van der Waals surface area contributed by atoms with E-state index < -0.39 is 5.38 Å². The number of hydrogen-bond acceptors (Lipinski definition) is 5. The molecule has 158 valence electrons. The molecule has 7 nitrogen and oxygen atoms in total. The topological polar surface area (TPSA) is 95.1 Å². The molecule has 4 rings (SSSR count). The average Bonchev–Trinajstić information content (AvgIpc) is 3.15. The van der Waals surface area contributed by atoms with Gasteiger partial charge in [-0.05, 0) is 50.3 Å². The molecule has 3 aromatic rings. The Morgan fingerprint density at radius 2 is 1.93 bits per heavy atom. The molecule has 8 heteroatoms. The molecule has 0 radical (unpaired) electrons. The van der Waals surface area contributed by atoms with E-state index in [4.69, 9.17) is 22.1 Å². The van der Waals surface area contributed by atoms with E-state index in [1.165, 1.54) is 6.33 Å². The number of fused-ring (bicyclic) bond motifs is 1. The zero-order valence-electron chi connectivity index (χ0n) is 17.1. The molecule has 2 aromatic heterocycles. The highest BCUT2D eigenvalue weighted by Crippen LogP contribution is 2.38. The first-order valence-corrected chi connectivity index (χ1v) is 10.6. The number of methoxy groups -OCH3 is 1. The quantitative estimate of drug-likeness (QED) is 0.602. The molecule has 0 saturated heterocycles. The lowest BCUT2D eigenvalue weighted by Gasteiger charge is -2.30. The van der Waals surface area contributed by atoms with Crippen molar-refractivity contribution in [1.29, 1.82) is 0 Å². The predicted octanol–water partition coefficient (Wildman–Crippen LogP) is 3.92. The molecule has 1 amide bonds. The van der Waals surface area contributed by atoms with Gasteiger partial charge in [0.05, 0.1) is 12.5 Å². The molecule has 30 heavy (non-hydrogen) atoms. The first-order chi connectivity index (χ1) is 14.5. The van der Waals surface area contributed by atoms with Gasteiger partial charge < -0.3 is 20.4 Å². The van der Waals surface area contributed by atoms with Crippen LogP contribution in [0.2, 0.25) is 0 Å². The molecule has 1 fully saturated rings. The fourth-order valence-electron chi connectivity index (χ4n) is 4.19. The van der Waals surface area contributed by atoms with Gasteiger partial charge in [0.25, 0.3) is 0 Å². The third kappa shape index (κ3) is 3.94. The number of rotatable bonds is 5. The minimum atomic E-state index is -0.511. The van der Waals surface area contributed by atoms with Crippen LogP contribution in [0.5, 0.6) is 5.75 Å². The SMILES string of the molecule is COc1ccc(-c2cn(C3CCC(NC(=O)C(C)Cl)CC3)c3ncnc(N)c23)cc1. The third-order valence-electron chi connectivity index (χ3n) is 5.84. The van der Waals surface area contributed by atoms with Crippen LogP contribution in [0.15, 0.2) is 36.8 Å². The van der Waals surface area contributed by atoms with Crippen molar-refractivity contribution in [1.82, 2.24) is 19.9 Å². The number of alkyl halides is 1. The number of halogens is 1. The molecule has 1 aliphatic carbocycles. The lowest BCUT2D eigenvalue weighted by atomic mass is 9.91. The molecule has 1 aliphatic rings. The third-order valence-corrected chi connectivity index (χ3v) is 6.04. The van der Waals surface area contributed by atoms with Crippen LogP contribution >= 0.6 is 11.6 Å². The Bertz CT molecular complexity index is 1040. The maximum absolute atomic E-state index is 11.9. The van der Waals surface area contributed by atoms with Crippen molar-refractivity contribution in [2.24, 2.45) is 0 Å². The summed E-state index contributed by atoms with van der Waals surface area (Å²) in [6.45, 7) is 1.69. The number of anilines is 1. The fourth-order valence-corrected chi connectivity index (χ4v) is 4.25. The number of nitrogen functional groups attached to an aromatic ring is 1. The van der Waals surface area contributed by atoms with Crippen molar-refractivity contribution in [3.05, 3.63) is 36.8 Å². The number of aromatic nitrogens is 3. The highest BCUT2D eigenvalue weighted by molar-refractivity contribution is 6.30. The molecule has 1 atom stereocenters. The van der Waals surface area contributed by atoms with Gasteiger partial charge in [0.2, 0.25) is 5.91 Å². The van der Waals surface area contributed by atoms with Gasteiger partial charge in [-0.1, -0.05) is 12.1 Å². The maximum atomic E-state index is 11.9. The summed E-state index contributed by atoms with van der Waals surface area (Å²) in [5, 5.41) is 3.40. The van der Waals surface area contributed by atoms with E-state index in [9.17, 15) is 4.79 Å². The van der Waals surface area contributed by atoms with Crippen molar-refractivity contribution >= 4 is 34.4 Å². The van der Waals surface area contributed by atoms with Crippen molar-refractivity contribution < 1.29 is 9.53 Å². The zero-order valence-corrected chi connectivity index (χ0v) is 17.9. The lowest BCUT2D eigenvalue weighted by Crippen LogP contribution is -2.40. The van der Waals surface area contributed by atoms with E-state index >= 15 is 0 Å². The van der Waals surface area contributed by atoms with Crippen LogP contribution in [-0.2, 0) is 4.79 Å². The lowest BCUT2D eigenvalue weighted by molar-refractivity contribution is -0.121.